The Morgan fingerprint density at radius 2 is 1.77 bits per heavy atom. The van der Waals surface area contributed by atoms with Crippen LogP contribution < -0.4 is 4.90 Å². The second-order valence-electron chi connectivity index (χ2n) is 5.38. The molecule has 1 unspecified atom stereocenters. The van der Waals surface area contributed by atoms with E-state index in [0.29, 0.717) is 12.1 Å². The van der Waals surface area contributed by atoms with Crippen molar-refractivity contribution >= 4 is 11.6 Å². The second kappa shape index (κ2) is 7.42. The molecule has 1 atom stereocenters. The number of carbonyl (C=O) groups is 1. The Balaban J connectivity index is 2.28. The fraction of sp³-hybridized carbons (Fsp3) is 0.263. The van der Waals surface area contributed by atoms with Crippen LogP contribution in [0.1, 0.15) is 31.4 Å². The maximum atomic E-state index is 12.7. The van der Waals surface area contributed by atoms with Gasteiger partial charge in [-0.25, -0.2) is 0 Å². The molecule has 0 saturated carbocycles. The van der Waals surface area contributed by atoms with E-state index in [0.717, 1.165) is 17.7 Å². The molecule has 0 radical (unpaired) electrons. The second-order valence-corrected chi connectivity index (χ2v) is 5.38. The smallest absolute Gasteiger partial charge is 0.230 e. The van der Waals surface area contributed by atoms with Gasteiger partial charge in [0.25, 0.3) is 0 Å². The highest BCUT2D eigenvalue weighted by atomic mass is 16.2. The summed E-state index contributed by atoms with van der Waals surface area (Å²) in [5.74, 6) is 0.108. The zero-order chi connectivity index (χ0) is 15.9. The Bertz CT molecular complexity index is 656. The van der Waals surface area contributed by atoms with Crippen LogP contribution in [0.3, 0.4) is 0 Å². The number of rotatable bonds is 5. The fourth-order valence-electron chi connectivity index (χ4n) is 2.21. The predicted molar refractivity (Wildman–Crippen MR) is 88.2 cm³/mol. The summed E-state index contributed by atoms with van der Waals surface area (Å²) in [7, 11) is 0. The molecule has 0 N–H and O–H groups in total. The Kier molecular flexibility index (Phi) is 5.32. The third kappa shape index (κ3) is 3.73. The summed E-state index contributed by atoms with van der Waals surface area (Å²) < 4.78 is 0. The Morgan fingerprint density at radius 1 is 1.14 bits per heavy atom. The van der Waals surface area contributed by atoms with Crippen molar-refractivity contribution in [3.63, 3.8) is 0 Å². The molecule has 0 saturated heterocycles. The largest absolute Gasteiger partial charge is 0.308 e. The number of benzene rings is 2. The molecule has 22 heavy (non-hydrogen) atoms. The summed E-state index contributed by atoms with van der Waals surface area (Å²) in [6, 6.07) is 19.2. The first kappa shape index (κ1) is 15.8. The molecular weight excluding hydrogens is 272 g/mol. The average molecular weight is 292 g/mol. The highest BCUT2D eigenvalue weighted by molar-refractivity contribution is 5.94. The van der Waals surface area contributed by atoms with Crippen molar-refractivity contribution in [2.75, 3.05) is 4.90 Å². The van der Waals surface area contributed by atoms with Crippen molar-refractivity contribution in [2.24, 2.45) is 5.92 Å². The van der Waals surface area contributed by atoms with E-state index in [9.17, 15) is 4.79 Å². The molecule has 0 heterocycles. The average Bonchev–Trinajstić information content (AvgIpc) is 2.59. The van der Waals surface area contributed by atoms with E-state index < -0.39 is 0 Å². The monoisotopic (exact) mass is 292 g/mol. The molecule has 2 rings (SSSR count). The van der Waals surface area contributed by atoms with Crippen molar-refractivity contribution in [2.45, 2.75) is 26.8 Å². The van der Waals surface area contributed by atoms with Crippen molar-refractivity contribution < 1.29 is 4.79 Å². The Morgan fingerprint density at radius 3 is 2.32 bits per heavy atom. The number of nitrogens with zero attached hydrogens (tertiary/aromatic N) is 2. The van der Waals surface area contributed by atoms with Gasteiger partial charge in [0.15, 0.2) is 0 Å². The molecule has 2 aromatic rings. The molecule has 2 aromatic carbocycles. The van der Waals surface area contributed by atoms with Crippen molar-refractivity contribution in [1.82, 2.24) is 0 Å². The van der Waals surface area contributed by atoms with Crippen LogP contribution in [0, 0.1) is 17.2 Å². The maximum absolute atomic E-state index is 12.7. The highest BCUT2D eigenvalue weighted by Gasteiger charge is 2.20. The lowest BCUT2D eigenvalue weighted by Gasteiger charge is -2.26. The fourth-order valence-corrected chi connectivity index (χ4v) is 2.21. The number of hydrogen-bond donors (Lipinski definition) is 0. The molecule has 1 amide bonds. The highest BCUT2D eigenvalue weighted by Crippen LogP contribution is 2.20. The van der Waals surface area contributed by atoms with Crippen LogP contribution in [-0.4, -0.2) is 5.91 Å². The van der Waals surface area contributed by atoms with Gasteiger partial charge in [0, 0.05) is 11.6 Å². The van der Waals surface area contributed by atoms with Gasteiger partial charge in [-0.1, -0.05) is 44.2 Å². The standard InChI is InChI=1S/C19H20N2O/c1-3-15(2)19(22)21(18-7-5-4-6-8-18)14-17-11-9-16(13-20)10-12-17/h4-12,15H,3,14H2,1-2H3. The molecule has 0 aliphatic carbocycles. The van der Waals surface area contributed by atoms with E-state index in [-0.39, 0.29) is 11.8 Å². The van der Waals surface area contributed by atoms with Crippen LogP contribution in [-0.2, 0) is 11.3 Å². The van der Waals surface area contributed by atoms with Crippen LogP contribution in [0.2, 0.25) is 0 Å². The van der Waals surface area contributed by atoms with E-state index in [1.807, 2.05) is 61.2 Å². The quantitative estimate of drug-likeness (QED) is 0.831. The van der Waals surface area contributed by atoms with E-state index in [2.05, 4.69) is 6.07 Å². The molecule has 3 nitrogen and oxygen atoms in total. The van der Waals surface area contributed by atoms with Crippen molar-refractivity contribution in [3.05, 3.63) is 65.7 Å². The van der Waals surface area contributed by atoms with E-state index in [1.165, 1.54) is 0 Å². The first-order valence-corrected chi connectivity index (χ1v) is 7.51. The third-order valence-corrected chi connectivity index (χ3v) is 3.79. The van der Waals surface area contributed by atoms with Crippen LogP contribution in [0.25, 0.3) is 0 Å². The van der Waals surface area contributed by atoms with Gasteiger partial charge >= 0.3 is 0 Å². The lowest BCUT2D eigenvalue weighted by atomic mass is 10.1. The molecule has 0 aromatic heterocycles. The van der Waals surface area contributed by atoms with Crippen molar-refractivity contribution in [3.8, 4) is 6.07 Å². The van der Waals surface area contributed by atoms with Crippen LogP contribution in [0.5, 0.6) is 0 Å². The van der Waals surface area contributed by atoms with Crippen LogP contribution in [0.4, 0.5) is 5.69 Å². The van der Waals surface area contributed by atoms with Crippen molar-refractivity contribution in [1.29, 1.82) is 5.26 Å². The van der Waals surface area contributed by atoms with Gasteiger partial charge in [0.2, 0.25) is 5.91 Å². The molecular formula is C19H20N2O. The van der Waals surface area contributed by atoms with Gasteiger partial charge in [0.1, 0.15) is 0 Å². The summed E-state index contributed by atoms with van der Waals surface area (Å²) in [6.07, 6.45) is 0.815. The molecule has 3 heteroatoms. The first-order chi connectivity index (χ1) is 10.7. The van der Waals surface area contributed by atoms with Gasteiger partial charge < -0.3 is 4.90 Å². The maximum Gasteiger partial charge on any atom is 0.230 e. The molecule has 0 fully saturated rings. The van der Waals surface area contributed by atoms with Gasteiger partial charge in [-0.3, -0.25) is 4.79 Å². The summed E-state index contributed by atoms with van der Waals surface area (Å²) in [5, 5.41) is 8.87. The van der Waals surface area contributed by atoms with Gasteiger partial charge in [0.05, 0.1) is 18.2 Å². The SMILES string of the molecule is CCC(C)C(=O)N(Cc1ccc(C#N)cc1)c1ccccc1. The number of carbonyl (C=O) groups excluding carboxylic acids is 1. The van der Waals surface area contributed by atoms with E-state index in [1.54, 1.807) is 12.1 Å². The Hall–Kier alpha value is -2.60. The minimum absolute atomic E-state index is 0.0152. The summed E-state index contributed by atoms with van der Waals surface area (Å²) in [6.45, 7) is 4.49. The topological polar surface area (TPSA) is 44.1 Å². The van der Waals surface area contributed by atoms with Gasteiger partial charge in [-0.05, 0) is 36.2 Å². The van der Waals surface area contributed by atoms with Gasteiger partial charge in [-0.15, -0.1) is 0 Å². The summed E-state index contributed by atoms with van der Waals surface area (Å²) in [5.41, 5.74) is 2.54. The third-order valence-electron chi connectivity index (χ3n) is 3.79. The number of amides is 1. The molecule has 0 aliphatic rings. The zero-order valence-corrected chi connectivity index (χ0v) is 13.0. The number of para-hydroxylation sites is 1. The molecule has 0 aliphatic heterocycles. The summed E-state index contributed by atoms with van der Waals surface area (Å²) >= 11 is 0. The summed E-state index contributed by atoms with van der Waals surface area (Å²) in [4.78, 5) is 14.5. The minimum atomic E-state index is -0.0152. The minimum Gasteiger partial charge on any atom is -0.308 e. The lowest BCUT2D eigenvalue weighted by molar-refractivity contribution is -0.122. The molecule has 0 spiro atoms. The number of nitriles is 1. The van der Waals surface area contributed by atoms with E-state index >= 15 is 0 Å². The van der Waals surface area contributed by atoms with E-state index in [4.69, 9.17) is 5.26 Å². The molecule has 0 bridgehead atoms. The van der Waals surface area contributed by atoms with Crippen LogP contribution in [0.15, 0.2) is 54.6 Å². The van der Waals surface area contributed by atoms with Gasteiger partial charge in [-0.2, -0.15) is 5.26 Å². The number of anilines is 1. The Labute approximate surface area is 131 Å². The predicted octanol–water partition coefficient (Wildman–Crippen LogP) is 4.14. The lowest BCUT2D eigenvalue weighted by Crippen LogP contribution is -2.34. The van der Waals surface area contributed by atoms with Crippen LogP contribution >= 0.6 is 0 Å². The normalized spacial score (nSPS) is 11.5. The molecule has 112 valence electrons. The zero-order valence-electron chi connectivity index (χ0n) is 13.0. The number of hydrogen-bond acceptors (Lipinski definition) is 2. The first-order valence-electron chi connectivity index (χ1n) is 7.51.